The van der Waals surface area contributed by atoms with Gasteiger partial charge in [0.15, 0.2) is 5.76 Å². The molecule has 1 aliphatic rings. The van der Waals surface area contributed by atoms with Crippen LogP contribution in [0, 0.1) is 12.7 Å². The van der Waals surface area contributed by atoms with Crippen molar-refractivity contribution in [3.8, 4) is 0 Å². The molecule has 1 aromatic heterocycles. The highest BCUT2D eigenvalue weighted by molar-refractivity contribution is 6.31. The smallest absolute Gasteiger partial charge is 0.317 e. The van der Waals surface area contributed by atoms with Gasteiger partial charge in [-0.2, -0.15) is 0 Å². The van der Waals surface area contributed by atoms with E-state index < -0.39 is 5.82 Å². The zero-order valence-corrected chi connectivity index (χ0v) is 13.8. The number of nitrogens with one attached hydrogen (secondary N) is 1. The summed E-state index contributed by atoms with van der Waals surface area (Å²) in [6.45, 7) is 3.27. The summed E-state index contributed by atoms with van der Waals surface area (Å²) >= 11 is 6.08. The van der Waals surface area contributed by atoms with E-state index in [0.717, 1.165) is 5.69 Å². The molecule has 0 radical (unpaired) electrons. The molecule has 1 fully saturated rings. The number of carbonyl (C=O) groups excluding carboxylic acids is 1. The van der Waals surface area contributed by atoms with Crippen molar-refractivity contribution in [2.75, 3.05) is 19.7 Å². The SMILES string of the molecule is Cc1cc(CNC(=O)N2CCOC(c3ccc(F)cc3Cl)C2)on1. The maximum Gasteiger partial charge on any atom is 0.317 e. The van der Waals surface area contributed by atoms with Crippen molar-refractivity contribution in [3.05, 3.63) is 52.1 Å². The molecule has 2 heterocycles. The molecule has 0 bridgehead atoms. The molecule has 2 aromatic rings. The van der Waals surface area contributed by atoms with Gasteiger partial charge in [-0.1, -0.05) is 22.8 Å². The number of nitrogens with zero attached hydrogens (tertiary/aromatic N) is 2. The molecule has 1 aromatic carbocycles. The van der Waals surface area contributed by atoms with E-state index in [9.17, 15) is 9.18 Å². The summed E-state index contributed by atoms with van der Waals surface area (Å²) in [5, 5.41) is 6.84. The third-order valence-corrected chi connectivity index (χ3v) is 4.08. The molecule has 0 spiro atoms. The lowest BCUT2D eigenvalue weighted by Crippen LogP contribution is -2.47. The number of hydrogen-bond acceptors (Lipinski definition) is 4. The maximum atomic E-state index is 13.2. The number of ether oxygens (including phenoxy) is 1. The zero-order chi connectivity index (χ0) is 17.1. The summed E-state index contributed by atoms with van der Waals surface area (Å²) in [4.78, 5) is 13.9. The Hall–Kier alpha value is -2.12. The Labute approximate surface area is 143 Å². The third-order valence-electron chi connectivity index (χ3n) is 3.75. The predicted molar refractivity (Wildman–Crippen MR) is 85.2 cm³/mol. The lowest BCUT2D eigenvalue weighted by atomic mass is 10.1. The molecule has 2 amide bonds. The van der Waals surface area contributed by atoms with Crippen LogP contribution in [0.4, 0.5) is 9.18 Å². The van der Waals surface area contributed by atoms with Crippen LogP contribution in [0.5, 0.6) is 0 Å². The van der Waals surface area contributed by atoms with Crippen LogP contribution in [0.3, 0.4) is 0 Å². The first-order valence-corrected chi connectivity index (χ1v) is 7.92. The number of rotatable bonds is 3. The van der Waals surface area contributed by atoms with Crippen molar-refractivity contribution in [3.63, 3.8) is 0 Å². The summed E-state index contributed by atoms with van der Waals surface area (Å²) in [5.41, 5.74) is 1.43. The fourth-order valence-corrected chi connectivity index (χ4v) is 2.85. The molecular weight excluding hydrogens is 337 g/mol. The Morgan fingerprint density at radius 1 is 1.50 bits per heavy atom. The molecule has 1 atom stereocenters. The van der Waals surface area contributed by atoms with E-state index in [0.29, 0.717) is 36.0 Å². The number of carbonyl (C=O) groups is 1. The molecular formula is C16H17ClFN3O3. The van der Waals surface area contributed by atoms with Crippen molar-refractivity contribution in [1.29, 1.82) is 0 Å². The summed E-state index contributed by atoms with van der Waals surface area (Å²) in [6.07, 6.45) is -0.384. The summed E-state index contributed by atoms with van der Waals surface area (Å²) in [7, 11) is 0. The number of amides is 2. The van der Waals surface area contributed by atoms with E-state index in [4.69, 9.17) is 20.9 Å². The average Bonchev–Trinajstić information content (AvgIpc) is 2.98. The first-order chi connectivity index (χ1) is 11.5. The van der Waals surface area contributed by atoms with Gasteiger partial charge in [0.25, 0.3) is 0 Å². The Morgan fingerprint density at radius 2 is 2.33 bits per heavy atom. The summed E-state index contributed by atoms with van der Waals surface area (Å²) < 4.78 is 23.9. The van der Waals surface area contributed by atoms with E-state index in [1.54, 1.807) is 17.0 Å². The first-order valence-electron chi connectivity index (χ1n) is 7.54. The van der Waals surface area contributed by atoms with Gasteiger partial charge >= 0.3 is 6.03 Å². The minimum Gasteiger partial charge on any atom is -0.370 e. The molecule has 1 N–H and O–H groups in total. The Kier molecular flexibility index (Phi) is 5.01. The second-order valence-corrected chi connectivity index (χ2v) is 5.97. The van der Waals surface area contributed by atoms with Gasteiger partial charge in [-0.25, -0.2) is 9.18 Å². The fourth-order valence-electron chi connectivity index (χ4n) is 2.56. The Balaban J connectivity index is 1.61. The highest BCUT2D eigenvalue weighted by Crippen LogP contribution is 2.29. The monoisotopic (exact) mass is 353 g/mol. The molecule has 1 saturated heterocycles. The fraction of sp³-hybridized carbons (Fsp3) is 0.375. The quantitative estimate of drug-likeness (QED) is 0.920. The van der Waals surface area contributed by atoms with Crippen LogP contribution in [0.2, 0.25) is 5.02 Å². The van der Waals surface area contributed by atoms with Crippen LogP contribution in [0.1, 0.15) is 23.1 Å². The van der Waals surface area contributed by atoms with Crippen molar-refractivity contribution < 1.29 is 18.4 Å². The van der Waals surface area contributed by atoms with Crippen molar-refractivity contribution in [1.82, 2.24) is 15.4 Å². The van der Waals surface area contributed by atoms with Crippen LogP contribution < -0.4 is 5.32 Å². The second kappa shape index (κ2) is 7.19. The van der Waals surface area contributed by atoms with Crippen LogP contribution in [-0.4, -0.2) is 35.8 Å². The molecule has 0 saturated carbocycles. The molecule has 1 unspecified atom stereocenters. The lowest BCUT2D eigenvalue weighted by molar-refractivity contribution is -0.0155. The van der Waals surface area contributed by atoms with Crippen LogP contribution in [-0.2, 0) is 11.3 Å². The zero-order valence-electron chi connectivity index (χ0n) is 13.1. The molecule has 1 aliphatic heterocycles. The molecule has 24 heavy (non-hydrogen) atoms. The topological polar surface area (TPSA) is 67.6 Å². The number of hydrogen-bond donors (Lipinski definition) is 1. The minimum atomic E-state index is -0.406. The normalized spacial score (nSPS) is 17.8. The number of urea groups is 1. The molecule has 0 aliphatic carbocycles. The predicted octanol–water partition coefficient (Wildman–Crippen LogP) is 3.06. The van der Waals surface area contributed by atoms with E-state index in [1.807, 2.05) is 6.92 Å². The Morgan fingerprint density at radius 3 is 3.04 bits per heavy atom. The number of aromatic nitrogens is 1. The van der Waals surface area contributed by atoms with E-state index >= 15 is 0 Å². The molecule has 128 valence electrons. The standard InChI is InChI=1S/C16H17ClFN3O3/c1-10-6-12(24-20-10)8-19-16(22)21-4-5-23-15(9-21)13-3-2-11(18)7-14(13)17/h2-3,6-7,15H,4-5,8-9H2,1H3,(H,19,22). The van der Waals surface area contributed by atoms with Gasteiger partial charge in [0.1, 0.15) is 11.9 Å². The van der Waals surface area contributed by atoms with Gasteiger partial charge in [-0.05, 0) is 19.1 Å². The van der Waals surface area contributed by atoms with E-state index in [1.165, 1.54) is 12.1 Å². The largest absolute Gasteiger partial charge is 0.370 e. The highest BCUT2D eigenvalue weighted by Gasteiger charge is 2.27. The van der Waals surface area contributed by atoms with Gasteiger partial charge in [0.2, 0.25) is 0 Å². The molecule has 8 heteroatoms. The van der Waals surface area contributed by atoms with Crippen molar-refractivity contribution in [2.45, 2.75) is 19.6 Å². The lowest BCUT2D eigenvalue weighted by Gasteiger charge is -2.33. The van der Waals surface area contributed by atoms with Gasteiger partial charge in [-0.15, -0.1) is 0 Å². The van der Waals surface area contributed by atoms with Gasteiger partial charge in [0, 0.05) is 23.2 Å². The van der Waals surface area contributed by atoms with Gasteiger partial charge in [0.05, 0.1) is 25.4 Å². The van der Waals surface area contributed by atoms with E-state index in [-0.39, 0.29) is 18.7 Å². The van der Waals surface area contributed by atoms with Crippen LogP contribution >= 0.6 is 11.6 Å². The number of benzene rings is 1. The highest BCUT2D eigenvalue weighted by atomic mass is 35.5. The minimum absolute atomic E-state index is 0.226. The third kappa shape index (κ3) is 3.85. The van der Waals surface area contributed by atoms with Crippen molar-refractivity contribution in [2.24, 2.45) is 0 Å². The number of aryl methyl sites for hydroxylation is 1. The maximum absolute atomic E-state index is 13.2. The molecule has 6 nitrogen and oxygen atoms in total. The Bertz CT molecular complexity index is 737. The van der Waals surface area contributed by atoms with Crippen LogP contribution in [0.25, 0.3) is 0 Å². The second-order valence-electron chi connectivity index (χ2n) is 5.56. The molecule has 3 rings (SSSR count). The first kappa shape index (κ1) is 16.7. The average molecular weight is 354 g/mol. The number of halogens is 2. The number of morpholine rings is 1. The van der Waals surface area contributed by atoms with Gasteiger partial charge in [-0.3, -0.25) is 0 Å². The summed E-state index contributed by atoms with van der Waals surface area (Å²) in [5.74, 6) is 0.184. The summed E-state index contributed by atoms with van der Waals surface area (Å²) in [6, 6.07) is 5.69. The van der Waals surface area contributed by atoms with E-state index in [2.05, 4.69) is 10.5 Å². The van der Waals surface area contributed by atoms with Crippen LogP contribution in [0.15, 0.2) is 28.8 Å². The van der Waals surface area contributed by atoms with Crippen molar-refractivity contribution >= 4 is 17.6 Å². The van der Waals surface area contributed by atoms with Gasteiger partial charge < -0.3 is 19.5 Å².